The smallest absolute Gasteiger partial charge is 0.0785 e. The SMILES string of the molecule is CN(C)PN=P.Cl.Cl. The minimum atomic E-state index is 0. The second-order valence-electron chi connectivity index (χ2n) is 1.11. The lowest BCUT2D eigenvalue weighted by Crippen LogP contribution is -1.92. The molecule has 1 unspecified atom stereocenters. The molecular weight excluding hydrogens is 185 g/mol. The summed E-state index contributed by atoms with van der Waals surface area (Å²) in [5.74, 6) is 0. The van der Waals surface area contributed by atoms with E-state index in [2.05, 4.69) is 13.5 Å². The Bertz CT molecular complexity index is 51.3. The van der Waals surface area contributed by atoms with E-state index >= 15 is 0 Å². The molecule has 52 valence electrons. The monoisotopic (exact) mass is 194 g/mol. The third kappa shape index (κ3) is 15.7. The van der Waals surface area contributed by atoms with E-state index in [1.54, 1.807) is 0 Å². The van der Waals surface area contributed by atoms with Gasteiger partial charge in [-0.25, -0.2) is 4.52 Å². The highest BCUT2D eigenvalue weighted by Gasteiger charge is 1.77. The summed E-state index contributed by atoms with van der Waals surface area (Å²) in [5, 5.41) is 0. The molecule has 0 spiro atoms. The minimum absolute atomic E-state index is 0. The average molecular weight is 195 g/mol. The number of hydrogen-bond donors (Lipinski definition) is 0. The van der Waals surface area contributed by atoms with Crippen LogP contribution in [0, 0.1) is 0 Å². The third-order valence-corrected chi connectivity index (χ3v) is 1.05. The van der Waals surface area contributed by atoms with Crippen LogP contribution in [0.15, 0.2) is 4.52 Å². The predicted octanol–water partition coefficient (Wildman–Crippen LogP) is 2.23. The molecule has 0 saturated heterocycles. The van der Waals surface area contributed by atoms with Crippen molar-refractivity contribution in [1.29, 1.82) is 0 Å². The van der Waals surface area contributed by atoms with E-state index in [4.69, 9.17) is 0 Å². The Morgan fingerprint density at radius 2 is 1.75 bits per heavy atom. The van der Waals surface area contributed by atoms with Gasteiger partial charge >= 0.3 is 0 Å². The van der Waals surface area contributed by atoms with Crippen LogP contribution < -0.4 is 0 Å². The lowest BCUT2D eigenvalue weighted by Gasteiger charge is -1.99. The molecule has 0 radical (unpaired) electrons. The topological polar surface area (TPSA) is 15.6 Å². The van der Waals surface area contributed by atoms with Gasteiger partial charge in [0.2, 0.25) is 0 Å². The maximum atomic E-state index is 3.69. The fourth-order valence-corrected chi connectivity index (χ4v) is 0.900. The van der Waals surface area contributed by atoms with Crippen LogP contribution in [0.5, 0.6) is 0 Å². The largest absolute Gasteiger partial charge is 0.272 e. The van der Waals surface area contributed by atoms with Crippen molar-refractivity contribution in [2.45, 2.75) is 0 Å². The van der Waals surface area contributed by atoms with Crippen LogP contribution in [-0.2, 0) is 0 Å². The van der Waals surface area contributed by atoms with Crippen molar-refractivity contribution < 1.29 is 0 Å². The fourth-order valence-electron chi connectivity index (χ4n) is 0.100. The van der Waals surface area contributed by atoms with E-state index in [1.807, 2.05) is 18.8 Å². The summed E-state index contributed by atoms with van der Waals surface area (Å²) in [7, 11) is 7.48. The van der Waals surface area contributed by atoms with Gasteiger partial charge in [0.05, 0.1) is 8.88 Å². The highest BCUT2D eigenvalue weighted by molar-refractivity contribution is 7.38. The van der Waals surface area contributed by atoms with Gasteiger partial charge in [-0.3, -0.25) is 4.67 Å². The van der Waals surface area contributed by atoms with Crippen molar-refractivity contribution in [2.75, 3.05) is 14.1 Å². The molecule has 0 rings (SSSR count). The van der Waals surface area contributed by atoms with Crippen LogP contribution in [-0.4, -0.2) is 18.8 Å². The Morgan fingerprint density at radius 1 is 1.38 bits per heavy atom. The molecular formula is C2H10Cl2N2P2. The molecule has 2 nitrogen and oxygen atoms in total. The zero-order chi connectivity index (χ0) is 4.99. The minimum Gasteiger partial charge on any atom is -0.272 e. The molecule has 0 saturated carbocycles. The predicted molar refractivity (Wildman–Crippen MR) is 47.2 cm³/mol. The van der Waals surface area contributed by atoms with Gasteiger partial charge in [0.1, 0.15) is 0 Å². The highest BCUT2D eigenvalue weighted by Crippen LogP contribution is 2.13. The molecule has 0 fully saturated rings. The Labute approximate surface area is 66.4 Å². The molecule has 0 aliphatic rings. The summed E-state index contributed by atoms with van der Waals surface area (Å²) in [4.78, 5) is 0. The first-order valence-corrected chi connectivity index (χ1v) is 2.91. The van der Waals surface area contributed by atoms with E-state index in [0.29, 0.717) is 8.88 Å². The molecule has 0 aromatic heterocycles. The average Bonchev–Trinajstić information content (AvgIpc) is 1.35. The van der Waals surface area contributed by atoms with Crippen molar-refractivity contribution >= 4 is 42.7 Å². The summed E-state index contributed by atoms with van der Waals surface area (Å²) in [6, 6.07) is 0. The zero-order valence-corrected chi connectivity index (χ0v) is 8.34. The van der Waals surface area contributed by atoms with Crippen LogP contribution in [0.1, 0.15) is 0 Å². The van der Waals surface area contributed by atoms with Gasteiger partial charge in [-0.15, -0.1) is 24.8 Å². The molecule has 0 N–H and O–H groups in total. The summed E-state index contributed by atoms with van der Waals surface area (Å²) in [6.45, 7) is 0. The van der Waals surface area contributed by atoms with E-state index in [-0.39, 0.29) is 24.8 Å². The van der Waals surface area contributed by atoms with Gasteiger partial charge < -0.3 is 0 Å². The molecule has 0 amide bonds. The highest BCUT2D eigenvalue weighted by atomic mass is 35.5. The van der Waals surface area contributed by atoms with Gasteiger partial charge in [0.25, 0.3) is 0 Å². The summed E-state index contributed by atoms with van der Waals surface area (Å²) in [6.07, 6.45) is 0. The summed E-state index contributed by atoms with van der Waals surface area (Å²) < 4.78 is 5.69. The van der Waals surface area contributed by atoms with E-state index in [1.165, 1.54) is 0 Å². The Morgan fingerprint density at radius 3 is 1.75 bits per heavy atom. The quantitative estimate of drug-likeness (QED) is 0.616. The van der Waals surface area contributed by atoms with E-state index < -0.39 is 0 Å². The fraction of sp³-hybridized carbons (Fsp3) is 1.00. The van der Waals surface area contributed by atoms with Crippen LogP contribution >= 0.6 is 42.7 Å². The van der Waals surface area contributed by atoms with Gasteiger partial charge in [0, 0.05) is 0 Å². The van der Waals surface area contributed by atoms with Crippen molar-refractivity contribution in [1.82, 2.24) is 4.67 Å². The molecule has 0 aromatic carbocycles. The molecule has 1 atom stereocenters. The van der Waals surface area contributed by atoms with Crippen molar-refractivity contribution in [3.63, 3.8) is 0 Å². The number of halogens is 2. The first-order chi connectivity index (χ1) is 2.77. The number of hydrogen-bond acceptors (Lipinski definition) is 2. The lowest BCUT2D eigenvalue weighted by atomic mass is 11.3. The van der Waals surface area contributed by atoms with Crippen LogP contribution in [0.25, 0.3) is 0 Å². The second kappa shape index (κ2) is 10.9. The second-order valence-corrected chi connectivity index (χ2v) is 3.10. The molecule has 8 heavy (non-hydrogen) atoms. The van der Waals surface area contributed by atoms with E-state index in [0.717, 1.165) is 0 Å². The maximum Gasteiger partial charge on any atom is 0.0785 e. The molecule has 0 aromatic rings. The summed E-state index contributed by atoms with van der Waals surface area (Å²) in [5.41, 5.74) is 0. The van der Waals surface area contributed by atoms with Crippen LogP contribution in [0.2, 0.25) is 0 Å². The molecule has 0 aliphatic carbocycles. The van der Waals surface area contributed by atoms with Crippen LogP contribution in [0.4, 0.5) is 0 Å². The van der Waals surface area contributed by atoms with Gasteiger partial charge in [-0.1, -0.05) is 0 Å². The van der Waals surface area contributed by atoms with Gasteiger partial charge in [0.15, 0.2) is 0 Å². The Kier molecular flexibility index (Phi) is 21.9. The van der Waals surface area contributed by atoms with Gasteiger partial charge in [-0.05, 0) is 23.1 Å². The van der Waals surface area contributed by atoms with Crippen molar-refractivity contribution in [3.8, 4) is 0 Å². The molecule has 6 heteroatoms. The number of nitrogens with zero attached hydrogens (tertiary/aromatic N) is 2. The lowest BCUT2D eigenvalue weighted by molar-refractivity contribution is 0.692. The van der Waals surface area contributed by atoms with Crippen molar-refractivity contribution in [3.05, 3.63) is 0 Å². The summed E-state index contributed by atoms with van der Waals surface area (Å²) >= 11 is 0. The number of rotatable bonds is 2. The van der Waals surface area contributed by atoms with Gasteiger partial charge in [-0.2, -0.15) is 0 Å². The zero-order valence-electron chi connectivity index (χ0n) is 4.71. The molecule has 0 aliphatic heterocycles. The Hall–Kier alpha value is 1.07. The first kappa shape index (κ1) is 16.0. The molecule has 0 heterocycles. The van der Waals surface area contributed by atoms with E-state index in [9.17, 15) is 0 Å². The Balaban J connectivity index is -0.000000125. The van der Waals surface area contributed by atoms with Crippen LogP contribution in [0.3, 0.4) is 0 Å². The standard InChI is InChI=1S/C2H8N2P2.2ClH/c1-4(2)6-3-5;;/h5-6H,1-2H3;2*1H. The molecule has 0 bridgehead atoms. The third-order valence-electron chi connectivity index (χ3n) is 0.250. The maximum absolute atomic E-state index is 3.69. The normalized spacial score (nSPS) is 8.38. The van der Waals surface area contributed by atoms with Crippen molar-refractivity contribution in [2.24, 2.45) is 4.52 Å². The first-order valence-electron chi connectivity index (χ1n) is 1.57.